The van der Waals surface area contributed by atoms with Gasteiger partial charge in [0, 0.05) is 32.0 Å². The van der Waals surface area contributed by atoms with Crippen molar-refractivity contribution in [3.8, 4) is 11.8 Å². The first kappa shape index (κ1) is 15.4. The van der Waals surface area contributed by atoms with Crippen LogP contribution in [-0.2, 0) is 4.79 Å². The van der Waals surface area contributed by atoms with Crippen molar-refractivity contribution in [2.45, 2.75) is 51.5 Å². The van der Waals surface area contributed by atoms with Crippen molar-refractivity contribution in [1.82, 2.24) is 10.2 Å². The van der Waals surface area contributed by atoms with E-state index in [0.29, 0.717) is 19.4 Å². The van der Waals surface area contributed by atoms with Gasteiger partial charge in [0.15, 0.2) is 0 Å². The number of aliphatic carboxylic acids is 1. The lowest BCUT2D eigenvalue weighted by atomic mass is 9.98. The highest BCUT2D eigenvalue weighted by atomic mass is 16.4. The van der Waals surface area contributed by atoms with Gasteiger partial charge in [0.2, 0.25) is 0 Å². The van der Waals surface area contributed by atoms with Gasteiger partial charge in [0.25, 0.3) is 0 Å². The fraction of sp³-hybridized carbons (Fsp3) is 0.714. The predicted molar refractivity (Wildman–Crippen MR) is 72.7 cm³/mol. The number of carbonyl (C=O) groups excluding carboxylic acids is 1. The molecule has 19 heavy (non-hydrogen) atoms. The van der Waals surface area contributed by atoms with Gasteiger partial charge in [-0.1, -0.05) is 0 Å². The molecule has 0 radical (unpaired) electrons. The molecule has 1 aliphatic heterocycles. The molecular formula is C14H22N2O3. The number of piperidine rings is 1. The van der Waals surface area contributed by atoms with Crippen molar-refractivity contribution in [2.24, 2.45) is 0 Å². The molecule has 0 bridgehead atoms. The largest absolute Gasteiger partial charge is 0.481 e. The Morgan fingerprint density at radius 1 is 1.42 bits per heavy atom. The molecule has 1 rings (SSSR count). The Kier molecular flexibility index (Phi) is 6.80. The molecule has 0 aromatic carbocycles. The van der Waals surface area contributed by atoms with Crippen LogP contribution >= 0.6 is 0 Å². The minimum atomic E-state index is -0.802. The second-order valence-corrected chi connectivity index (χ2v) is 4.68. The lowest BCUT2D eigenvalue weighted by Crippen LogP contribution is -2.49. The van der Waals surface area contributed by atoms with E-state index >= 15 is 0 Å². The van der Waals surface area contributed by atoms with E-state index < -0.39 is 5.97 Å². The molecule has 1 atom stereocenters. The van der Waals surface area contributed by atoms with Gasteiger partial charge in [0.1, 0.15) is 0 Å². The average molecular weight is 266 g/mol. The molecule has 1 aliphatic rings. The van der Waals surface area contributed by atoms with Gasteiger partial charge in [-0.2, -0.15) is 0 Å². The summed E-state index contributed by atoms with van der Waals surface area (Å²) in [5.41, 5.74) is 0. The summed E-state index contributed by atoms with van der Waals surface area (Å²) < 4.78 is 0. The Labute approximate surface area is 114 Å². The van der Waals surface area contributed by atoms with E-state index in [1.54, 1.807) is 11.8 Å². The van der Waals surface area contributed by atoms with E-state index in [4.69, 9.17) is 5.11 Å². The van der Waals surface area contributed by atoms with E-state index in [9.17, 15) is 9.59 Å². The van der Waals surface area contributed by atoms with Crippen molar-refractivity contribution in [3.05, 3.63) is 0 Å². The molecule has 1 fully saturated rings. The van der Waals surface area contributed by atoms with Gasteiger partial charge in [-0.15, -0.1) is 11.8 Å². The Balaban J connectivity index is 2.42. The summed E-state index contributed by atoms with van der Waals surface area (Å²) in [5.74, 6) is 4.88. The summed E-state index contributed by atoms with van der Waals surface area (Å²) in [6, 6.07) is -0.0323. The fourth-order valence-corrected chi connectivity index (χ4v) is 2.32. The van der Waals surface area contributed by atoms with Gasteiger partial charge in [-0.3, -0.25) is 4.79 Å². The molecule has 1 heterocycles. The third kappa shape index (κ3) is 5.64. The smallest absolute Gasteiger partial charge is 0.317 e. The zero-order valence-electron chi connectivity index (χ0n) is 11.4. The SMILES string of the molecule is CC#CCCNC(=O)N1CCCCC1CCC(=O)O. The predicted octanol–water partition coefficient (Wildman–Crippen LogP) is 1.83. The quantitative estimate of drug-likeness (QED) is 0.589. The van der Waals surface area contributed by atoms with Crippen LogP contribution in [-0.4, -0.2) is 41.1 Å². The second-order valence-electron chi connectivity index (χ2n) is 4.68. The van der Waals surface area contributed by atoms with Crippen molar-refractivity contribution >= 4 is 12.0 Å². The van der Waals surface area contributed by atoms with Crippen LogP contribution in [0.3, 0.4) is 0 Å². The normalized spacial score (nSPS) is 18.4. The van der Waals surface area contributed by atoms with Crippen LogP contribution in [0.25, 0.3) is 0 Å². The first-order chi connectivity index (χ1) is 9.15. The Morgan fingerprint density at radius 3 is 2.89 bits per heavy atom. The number of carboxylic acid groups (broad SMARTS) is 1. The molecule has 2 N–H and O–H groups in total. The van der Waals surface area contributed by atoms with E-state index in [1.807, 2.05) is 0 Å². The summed E-state index contributed by atoms with van der Waals surface area (Å²) >= 11 is 0. The summed E-state index contributed by atoms with van der Waals surface area (Å²) in [6.07, 6.45) is 4.26. The number of amides is 2. The zero-order valence-corrected chi connectivity index (χ0v) is 11.4. The summed E-state index contributed by atoms with van der Waals surface area (Å²) in [6.45, 7) is 3.03. The van der Waals surface area contributed by atoms with Crippen LogP contribution in [0.5, 0.6) is 0 Å². The maximum absolute atomic E-state index is 12.0. The second kappa shape index (κ2) is 8.41. The summed E-state index contributed by atoms with van der Waals surface area (Å²) in [7, 11) is 0. The average Bonchev–Trinajstić information content (AvgIpc) is 2.41. The molecule has 2 amide bonds. The van der Waals surface area contributed by atoms with Crippen molar-refractivity contribution in [2.75, 3.05) is 13.1 Å². The first-order valence-electron chi connectivity index (χ1n) is 6.81. The molecule has 1 saturated heterocycles. The molecular weight excluding hydrogens is 244 g/mol. The lowest BCUT2D eigenvalue weighted by molar-refractivity contribution is -0.137. The van der Waals surface area contributed by atoms with Gasteiger partial charge in [-0.25, -0.2) is 4.79 Å². The number of nitrogens with one attached hydrogen (secondary N) is 1. The highest BCUT2D eigenvalue weighted by Gasteiger charge is 2.26. The molecule has 106 valence electrons. The van der Waals surface area contributed by atoms with Crippen LogP contribution in [0.15, 0.2) is 0 Å². The molecule has 5 heteroatoms. The fourth-order valence-electron chi connectivity index (χ4n) is 2.32. The van der Waals surface area contributed by atoms with E-state index in [1.165, 1.54) is 0 Å². The number of carboxylic acids is 1. The lowest BCUT2D eigenvalue weighted by Gasteiger charge is -2.35. The van der Waals surface area contributed by atoms with Crippen LogP contribution < -0.4 is 5.32 Å². The Hall–Kier alpha value is -1.70. The molecule has 0 aromatic rings. The summed E-state index contributed by atoms with van der Waals surface area (Å²) in [4.78, 5) is 24.4. The van der Waals surface area contributed by atoms with Gasteiger partial charge >= 0.3 is 12.0 Å². The van der Waals surface area contributed by atoms with E-state index in [-0.39, 0.29) is 18.5 Å². The standard InChI is InChI=1S/C14H22N2O3/c1-2-3-5-10-15-14(19)16-11-6-4-7-12(16)8-9-13(17)18/h12H,4-11H2,1H3,(H,15,19)(H,17,18). The van der Waals surface area contributed by atoms with Crippen LogP contribution in [0.2, 0.25) is 0 Å². The molecule has 0 aromatic heterocycles. The zero-order chi connectivity index (χ0) is 14.1. The molecule has 5 nitrogen and oxygen atoms in total. The maximum atomic E-state index is 12.0. The third-order valence-corrected chi connectivity index (χ3v) is 3.28. The summed E-state index contributed by atoms with van der Waals surface area (Å²) in [5, 5.41) is 11.6. The molecule has 0 spiro atoms. The van der Waals surface area contributed by atoms with Crippen LogP contribution in [0, 0.1) is 11.8 Å². The topological polar surface area (TPSA) is 69.6 Å². The first-order valence-corrected chi connectivity index (χ1v) is 6.81. The number of hydrogen-bond acceptors (Lipinski definition) is 2. The molecule has 1 unspecified atom stereocenters. The van der Waals surface area contributed by atoms with Crippen molar-refractivity contribution < 1.29 is 14.7 Å². The van der Waals surface area contributed by atoms with Gasteiger partial charge in [0.05, 0.1) is 0 Å². The number of likely N-dealkylation sites (tertiary alicyclic amines) is 1. The van der Waals surface area contributed by atoms with Crippen LogP contribution in [0.4, 0.5) is 4.79 Å². The molecule has 0 aliphatic carbocycles. The van der Waals surface area contributed by atoms with Gasteiger partial charge in [-0.05, 0) is 32.6 Å². The Morgan fingerprint density at radius 2 is 2.21 bits per heavy atom. The number of carbonyl (C=O) groups is 2. The van der Waals surface area contributed by atoms with Gasteiger partial charge < -0.3 is 15.3 Å². The maximum Gasteiger partial charge on any atom is 0.317 e. The highest BCUT2D eigenvalue weighted by molar-refractivity contribution is 5.74. The minimum absolute atomic E-state index is 0.0575. The van der Waals surface area contributed by atoms with Crippen molar-refractivity contribution in [1.29, 1.82) is 0 Å². The van der Waals surface area contributed by atoms with E-state index in [2.05, 4.69) is 17.2 Å². The van der Waals surface area contributed by atoms with E-state index in [0.717, 1.165) is 25.8 Å². The number of rotatable bonds is 5. The number of urea groups is 1. The van der Waals surface area contributed by atoms with Crippen LogP contribution in [0.1, 0.15) is 45.4 Å². The highest BCUT2D eigenvalue weighted by Crippen LogP contribution is 2.20. The number of nitrogens with zero attached hydrogens (tertiary/aromatic N) is 1. The van der Waals surface area contributed by atoms with Crippen molar-refractivity contribution in [3.63, 3.8) is 0 Å². The Bertz CT molecular complexity index is 371. The third-order valence-electron chi connectivity index (χ3n) is 3.28. The molecule has 0 saturated carbocycles. The number of hydrogen-bond donors (Lipinski definition) is 2. The minimum Gasteiger partial charge on any atom is -0.481 e. The monoisotopic (exact) mass is 266 g/mol.